The second-order valence-electron chi connectivity index (χ2n) is 3.89. The van der Waals surface area contributed by atoms with Gasteiger partial charge in [-0.3, -0.25) is 14.4 Å². The Balaban J connectivity index is 2.32. The van der Waals surface area contributed by atoms with Crippen molar-refractivity contribution in [3.05, 3.63) is 29.8 Å². The molecule has 0 saturated carbocycles. The minimum atomic E-state index is -0.522. The smallest absolute Gasteiger partial charge is 0.325 e. The van der Waals surface area contributed by atoms with Crippen LogP contribution in [0.3, 0.4) is 0 Å². The van der Waals surface area contributed by atoms with Crippen LogP contribution in [0.2, 0.25) is 0 Å². The fraction of sp³-hybridized carbons (Fsp3) is 0.308. The van der Waals surface area contributed by atoms with Gasteiger partial charge in [-0.15, -0.1) is 0 Å². The number of carbonyl (C=O) groups is 3. The highest BCUT2D eigenvalue weighted by molar-refractivity contribution is 5.96. The summed E-state index contributed by atoms with van der Waals surface area (Å²) in [5, 5.41) is 4.76. The molecule has 0 aromatic heterocycles. The molecule has 0 aliphatic heterocycles. The third kappa shape index (κ3) is 5.38. The van der Waals surface area contributed by atoms with Gasteiger partial charge in [0.1, 0.15) is 6.54 Å². The number of carbonyl (C=O) groups excluding carboxylic acids is 3. The van der Waals surface area contributed by atoms with Crippen LogP contribution >= 0.6 is 0 Å². The molecule has 1 aromatic rings. The number of anilines is 1. The number of hydrogen-bond donors (Lipinski definition) is 3. The number of nitrogens with two attached hydrogens (primary N) is 1. The topological polar surface area (TPSA) is 111 Å². The molecule has 0 atom stereocenters. The number of ether oxygens (including phenoxy) is 1. The average Bonchev–Trinajstić information content (AvgIpc) is 2.43. The number of amides is 2. The number of esters is 1. The van der Waals surface area contributed by atoms with Crippen molar-refractivity contribution in [3.63, 3.8) is 0 Å². The van der Waals surface area contributed by atoms with E-state index in [1.54, 1.807) is 31.2 Å². The van der Waals surface area contributed by atoms with Gasteiger partial charge in [-0.2, -0.15) is 0 Å². The van der Waals surface area contributed by atoms with Crippen LogP contribution in [0.5, 0.6) is 0 Å². The molecular weight excluding hydrogens is 262 g/mol. The molecule has 108 valence electrons. The second-order valence-corrected chi connectivity index (χ2v) is 3.89. The maximum absolute atomic E-state index is 11.7. The van der Waals surface area contributed by atoms with Gasteiger partial charge in [-0.25, -0.2) is 0 Å². The quantitative estimate of drug-likeness (QED) is 0.488. The molecule has 0 unspecified atom stereocenters. The standard InChI is InChI=1S/C13H17N3O4/c1-2-20-12(18)8-15-11(17)7-16-13(19)9-3-5-10(14)6-4-9/h3-6H,2,7-8,14H2,1H3,(H,15,17)(H,16,19). The lowest BCUT2D eigenvalue weighted by atomic mass is 10.2. The number of hydrogen-bond acceptors (Lipinski definition) is 5. The lowest BCUT2D eigenvalue weighted by Gasteiger charge is -2.07. The molecular formula is C13H17N3O4. The summed E-state index contributed by atoms with van der Waals surface area (Å²) in [5.74, 6) is -1.39. The number of rotatable bonds is 6. The van der Waals surface area contributed by atoms with E-state index in [0.717, 1.165) is 0 Å². The van der Waals surface area contributed by atoms with E-state index in [2.05, 4.69) is 15.4 Å². The SMILES string of the molecule is CCOC(=O)CNC(=O)CNC(=O)c1ccc(N)cc1. The Morgan fingerprint density at radius 2 is 1.75 bits per heavy atom. The van der Waals surface area contributed by atoms with Crippen molar-refractivity contribution in [1.29, 1.82) is 0 Å². The number of benzene rings is 1. The lowest BCUT2D eigenvalue weighted by Crippen LogP contribution is -2.39. The number of nitrogen functional groups attached to an aromatic ring is 1. The first kappa shape index (κ1) is 15.5. The summed E-state index contributed by atoms with van der Waals surface area (Å²) in [7, 11) is 0. The van der Waals surface area contributed by atoms with E-state index in [4.69, 9.17) is 5.73 Å². The Labute approximate surface area is 116 Å². The zero-order chi connectivity index (χ0) is 15.0. The zero-order valence-electron chi connectivity index (χ0n) is 11.1. The molecule has 7 heteroatoms. The van der Waals surface area contributed by atoms with Gasteiger partial charge in [-0.05, 0) is 31.2 Å². The van der Waals surface area contributed by atoms with Crippen molar-refractivity contribution in [2.24, 2.45) is 0 Å². The van der Waals surface area contributed by atoms with Gasteiger partial charge in [-0.1, -0.05) is 0 Å². The zero-order valence-corrected chi connectivity index (χ0v) is 11.1. The van der Waals surface area contributed by atoms with Crippen molar-refractivity contribution < 1.29 is 19.1 Å². The Bertz CT molecular complexity index is 485. The van der Waals surface area contributed by atoms with Crippen molar-refractivity contribution in [2.45, 2.75) is 6.92 Å². The molecule has 0 saturated heterocycles. The Hall–Kier alpha value is -2.57. The van der Waals surface area contributed by atoms with E-state index in [-0.39, 0.29) is 19.7 Å². The maximum Gasteiger partial charge on any atom is 0.325 e. The Morgan fingerprint density at radius 1 is 1.10 bits per heavy atom. The van der Waals surface area contributed by atoms with Gasteiger partial charge in [0, 0.05) is 11.3 Å². The summed E-state index contributed by atoms with van der Waals surface area (Å²) < 4.78 is 4.65. The van der Waals surface area contributed by atoms with Crippen molar-refractivity contribution in [3.8, 4) is 0 Å². The Morgan fingerprint density at radius 3 is 2.35 bits per heavy atom. The van der Waals surface area contributed by atoms with Gasteiger partial charge >= 0.3 is 5.97 Å². The molecule has 0 aliphatic rings. The lowest BCUT2D eigenvalue weighted by molar-refractivity contribution is -0.143. The van der Waals surface area contributed by atoms with Gasteiger partial charge < -0.3 is 21.1 Å². The molecule has 7 nitrogen and oxygen atoms in total. The summed E-state index contributed by atoms with van der Waals surface area (Å²) in [6, 6.07) is 6.30. The second kappa shape index (κ2) is 7.78. The molecule has 2 amide bonds. The molecule has 0 spiro atoms. The van der Waals surface area contributed by atoms with Crippen LogP contribution in [0.25, 0.3) is 0 Å². The van der Waals surface area contributed by atoms with Gasteiger partial charge in [0.15, 0.2) is 0 Å². The van der Waals surface area contributed by atoms with Crippen molar-refractivity contribution >= 4 is 23.5 Å². The van der Waals surface area contributed by atoms with Gasteiger partial charge in [0.2, 0.25) is 5.91 Å². The summed E-state index contributed by atoms with van der Waals surface area (Å²) in [4.78, 5) is 34.1. The summed E-state index contributed by atoms with van der Waals surface area (Å²) in [6.07, 6.45) is 0. The fourth-order valence-electron chi connectivity index (χ4n) is 1.34. The molecule has 0 aliphatic carbocycles. The molecule has 0 bridgehead atoms. The van der Waals surface area contributed by atoms with Crippen molar-refractivity contribution in [1.82, 2.24) is 10.6 Å². The van der Waals surface area contributed by atoms with Crippen LogP contribution < -0.4 is 16.4 Å². The van der Waals surface area contributed by atoms with E-state index in [0.29, 0.717) is 11.3 Å². The number of nitrogens with one attached hydrogen (secondary N) is 2. The van der Waals surface area contributed by atoms with Crippen LogP contribution in [0.4, 0.5) is 5.69 Å². The van der Waals surface area contributed by atoms with E-state index in [9.17, 15) is 14.4 Å². The summed E-state index contributed by atoms with van der Waals surface area (Å²) >= 11 is 0. The third-order valence-corrected chi connectivity index (χ3v) is 2.32. The minimum Gasteiger partial charge on any atom is -0.465 e. The van der Waals surface area contributed by atoms with Crippen LogP contribution in [-0.4, -0.2) is 37.5 Å². The Kier molecular flexibility index (Phi) is 6.02. The van der Waals surface area contributed by atoms with E-state index in [1.165, 1.54) is 0 Å². The molecule has 0 heterocycles. The van der Waals surface area contributed by atoms with Crippen LogP contribution in [0, 0.1) is 0 Å². The monoisotopic (exact) mass is 279 g/mol. The van der Waals surface area contributed by atoms with Gasteiger partial charge in [0.05, 0.1) is 13.2 Å². The van der Waals surface area contributed by atoms with E-state index in [1.807, 2.05) is 0 Å². The van der Waals surface area contributed by atoms with Crippen LogP contribution in [-0.2, 0) is 14.3 Å². The molecule has 1 aromatic carbocycles. The third-order valence-electron chi connectivity index (χ3n) is 2.32. The van der Waals surface area contributed by atoms with E-state index >= 15 is 0 Å². The normalized spacial score (nSPS) is 9.65. The first-order valence-electron chi connectivity index (χ1n) is 6.09. The summed E-state index contributed by atoms with van der Waals surface area (Å²) in [5.41, 5.74) is 6.45. The largest absolute Gasteiger partial charge is 0.465 e. The predicted octanol–water partition coefficient (Wildman–Crippen LogP) is -0.322. The highest BCUT2D eigenvalue weighted by Gasteiger charge is 2.09. The first-order valence-corrected chi connectivity index (χ1v) is 6.09. The highest BCUT2D eigenvalue weighted by atomic mass is 16.5. The van der Waals surface area contributed by atoms with Crippen LogP contribution in [0.1, 0.15) is 17.3 Å². The summed E-state index contributed by atoms with van der Waals surface area (Å²) in [6.45, 7) is 1.49. The predicted molar refractivity (Wildman–Crippen MR) is 72.8 cm³/mol. The average molecular weight is 279 g/mol. The minimum absolute atomic E-state index is 0.218. The molecule has 0 radical (unpaired) electrons. The maximum atomic E-state index is 11.7. The van der Waals surface area contributed by atoms with Crippen molar-refractivity contribution in [2.75, 3.05) is 25.4 Å². The molecule has 20 heavy (non-hydrogen) atoms. The molecule has 4 N–H and O–H groups in total. The fourth-order valence-corrected chi connectivity index (χ4v) is 1.34. The van der Waals surface area contributed by atoms with E-state index < -0.39 is 17.8 Å². The molecule has 1 rings (SSSR count). The van der Waals surface area contributed by atoms with Crippen LogP contribution in [0.15, 0.2) is 24.3 Å². The first-order chi connectivity index (χ1) is 9.52. The van der Waals surface area contributed by atoms with Gasteiger partial charge in [0.25, 0.3) is 5.91 Å². The highest BCUT2D eigenvalue weighted by Crippen LogP contribution is 2.04. The molecule has 0 fully saturated rings.